The molecule has 20 heavy (non-hydrogen) atoms. The van der Waals surface area contributed by atoms with Crippen molar-refractivity contribution >= 4 is 34.6 Å². The number of rotatable bonds is 7. The maximum Gasteiger partial charge on any atom is 0.326 e. The van der Waals surface area contributed by atoms with Crippen LogP contribution >= 0.6 is 11.5 Å². The maximum absolute atomic E-state index is 11.6. The number of anilines is 1. The van der Waals surface area contributed by atoms with Crippen LogP contribution in [0.15, 0.2) is 0 Å². The van der Waals surface area contributed by atoms with Crippen molar-refractivity contribution in [3.05, 3.63) is 5.82 Å². The number of carbonyl (C=O) groups is 3. The van der Waals surface area contributed by atoms with Gasteiger partial charge in [0.05, 0.1) is 0 Å². The summed E-state index contributed by atoms with van der Waals surface area (Å²) in [6, 6.07) is -1.87. The Morgan fingerprint density at radius 2 is 2.05 bits per heavy atom. The Kier molecular flexibility index (Phi) is 5.84. The highest BCUT2D eigenvalue weighted by Crippen LogP contribution is 2.10. The lowest BCUT2D eigenvalue weighted by Crippen LogP contribution is -2.43. The Balaban J connectivity index is 2.46. The van der Waals surface area contributed by atoms with Crippen molar-refractivity contribution in [3.8, 4) is 0 Å². The number of urea groups is 1. The van der Waals surface area contributed by atoms with Crippen LogP contribution in [-0.4, -0.2) is 43.6 Å². The zero-order valence-corrected chi connectivity index (χ0v) is 11.4. The third-order valence-corrected chi connectivity index (χ3v) is 2.96. The van der Waals surface area contributed by atoms with E-state index >= 15 is 0 Å². The van der Waals surface area contributed by atoms with Gasteiger partial charge in [-0.3, -0.25) is 10.1 Å². The Labute approximate surface area is 118 Å². The van der Waals surface area contributed by atoms with Crippen molar-refractivity contribution < 1.29 is 24.6 Å². The number of carboxylic acid groups (broad SMARTS) is 2. The van der Waals surface area contributed by atoms with Gasteiger partial charge in [0.25, 0.3) is 0 Å². The van der Waals surface area contributed by atoms with Gasteiger partial charge in [-0.1, -0.05) is 0 Å². The SMILES string of the molecule is Cc1nsc(NC(=O)N[C@H](CCCC(=O)O)C(=O)O)n1. The Morgan fingerprint density at radius 3 is 2.55 bits per heavy atom. The monoisotopic (exact) mass is 302 g/mol. The molecule has 0 aromatic carbocycles. The normalized spacial score (nSPS) is 11.7. The van der Waals surface area contributed by atoms with Gasteiger partial charge in [-0.25, -0.2) is 14.6 Å². The molecule has 1 rings (SSSR count). The molecule has 0 saturated heterocycles. The highest BCUT2D eigenvalue weighted by molar-refractivity contribution is 7.09. The molecule has 0 radical (unpaired) electrons. The zero-order valence-electron chi connectivity index (χ0n) is 10.6. The average molecular weight is 302 g/mol. The minimum absolute atomic E-state index is 0.0319. The smallest absolute Gasteiger partial charge is 0.326 e. The molecule has 0 bridgehead atoms. The third-order valence-electron chi connectivity index (χ3n) is 2.23. The first kappa shape index (κ1) is 15.8. The molecule has 0 unspecified atom stereocenters. The van der Waals surface area contributed by atoms with E-state index in [1.165, 1.54) is 0 Å². The lowest BCUT2D eigenvalue weighted by atomic mass is 10.1. The second-order valence-electron chi connectivity index (χ2n) is 3.92. The Morgan fingerprint density at radius 1 is 1.35 bits per heavy atom. The van der Waals surface area contributed by atoms with Gasteiger partial charge in [0.1, 0.15) is 11.9 Å². The van der Waals surface area contributed by atoms with E-state index in [4.69, 9.17) is 10.2 Å². The summed E-state index contributed by atoms with van der Waals surface area (Å²) in [7, 11) is 0. The van der Waals surface area contributed by atoms with Crippen molar-refractivity contribution in [1.82, 2.24) is 14.7 Å². The van der Waals surface area contributed by atoms with Crippen molar-refractivity contribution in [2.75, 3.05) is 5.32 Å². The molecule has 110 valence electrons. The van der Waals surface area contributed by atoms with Crippen molar-refractivity contribution in [3.63, 3.8) is 0 Å². The van der Waals surface area contributed by atoms with Crippen LogP contribution in [0.4, 0.5) is 9.93 Å². The molecule has 0 aliphatic heterocycles. The highest BCUT2D eigenvalue weighted by Gasteiger charge is 2.20. The predicted molar refractivity (Wildman–Crippen MR) is 69.7 cm³/mol. The molecule has 9 nitrogen and oxygen atoms in total. The molecule has 0 aliphatic carbocycles. The van der Waals surface area contributed by atoms with Crippen molar-refractivity contribution in [1.29, 1.82) is 0 Å². The van der Waals surface area contributed by atoms with Gasteiger partial charge in [-0.05, 0) is 19.8 Å². The summed E-state index contributed by atoms with van der Waals surface area (Å²) in [4.78, 5) is 36.8. The number of hydrogen-bond donors (Lipinski definition) is 4. The van der Waals surface area contributed by atoms with Gasteiger partial charge >= 0.3 is 18.0 Å². The van der Waals surface area contributed by atoms with Crippen LogP contribution in [0.2, 0.25) is 0 Å². The molecule has 1 heterocycles. The number of carboxylic acids is 2. The molecule has 1 atom stereocenters. The second kappa shape index (κ2) is 7.38. The first-order valence-corrected chi connectivity index (χ1v) is 6.48. The molecular formula is C10H14N4O5S. The van der Waals surface area contributed by atoms with E-state index < -0.39 is 24.0 Å². The molecule has 0 aliphatic rings. The summed E-state index contributed by atoms with van der Waals surface area (Å²) >= 11 is 0.977. The van der Waals surface area contributed by atoms with Crippen LogP contribution in [0.5, 0.6) is 0 Å². The summed E-state index contributed by atoms with van der Waals surface area (Å²) < 4.78 is 3.86. The minimum Gasteiger partial charge on any atom is -0.481 e. The standard InChI is InChI=1S/C10H14N4O5S/c1-5-11-10(20-14-5)13-9(19)12-6(8(17)18)3-2-4-7(15)16/h6H,2-4H2,1H3,(H,15,16)(H,17,18)(H2,11,12,13,14,19)/t6-/m1/s1. The summed E-state index contributed by atoms with van der Waals surface area (Å²) in [6.07, 6.45) is 0.0391. The lowest BCUT2D eigenvalue weighted by molar-refractivity contribution is -0.140. The molecule has 4 N–H and O–H groups in total. The average Bonchev–Trinajstić information content (AvgIpc) is 2.72. The highest BCUT2D eigenvalue weighted by atomic mass is 32.1. The topological polar surface area (TPSA) is 142 Å². The quantitative estimate of drug-likeness (QED) is 0.580. The first-order valence-electron chi connectivity index (χ1n) is 5.71. The van der Waals surface area contributed by atoms with E-state index in [9.17, 15) is 14.4 Å². The van der Waals surface area contributed by atoms with Crippen LogP contribution in [0.25, 0.3) is 0 Å². The number of aryl methyl sites for hydroxylation is 1. The van der Waals surface area contributed by atoms with E-state index in [2.05, 4.69) is 20.0 Å². The van der Waals surface area contributed by atoms with Gasteiger partial charge in [-0.15, -0.1) is 0 Å². The summed E-state index contributed by atoms with van der Waals surface area (Å²) in [5.74, 6) is -1.73. The third kappa shape index (κ3) is 5.61. The fraction of sp³-hybridized carbons (Fsp3) is 0.500. The van der Waals surface area contributed by atoms with Crippen LogP contribution in [0.3, 0.4) is 0 Å². The largest absolute Gasteiger partial charge is 0.481 e. The molecule has 1 aromatic heterocycles. The van der Waals surface area contributed by atoms with Gasteiger partial charge in [0, 0.05) is 18.0 Å². The molecule has 0 spiro atoms. The van der Waals surface area contributed by atoms with Crippen LogP contribution in [0.1, 0.15) is 25.1 Å². The number of amides is 2. The lowest BCUT2D eigenvalue weighted by Gasteiger charge is -2.13. The van der Waals surface area contributed by atoms with E-state index in [1.807, 2.05) is 0 Å². The molecule has 0 fully saturated rings. The number of nitrogens with zero attached hydrogens (tertiary/aromatic N) is 2. The van der Waals surface area contributed by atoms with Gasteiger partial charge in [0.2, 0.25) is 5.13 Å². The van der Waals surface area contributed by atoms with Gasteiger partial charge in [0.15, 0.2) is 0 Å². The molecule has 0 saturated carbocycles. The summed E-state index contributed by atoms with van der Waals surface area (Å²) in [5, 5.41) is 22.3. The molecule has 2 amide bonds. The van der Waals surface area contributed by atoms with Gasteiger partial charge < -0.3 is 15.5 Å². The van der Waals surface area contributed by atoms with Crippen LogP contribution < -0.4 is 10.6 Å². The number of aromatic nitrogens is 2. The van der Waals surface area contributed by atoms with Crippen LogP contribution in [0, 0.1) is 6.92 Å². The van der Waals surface area contributed by atoms with E-state index in [0.29, 0.717) is 5.82 Å². The van der Waals surface area contributed by atoms with E-state index in [-0.39, 0.29) is 24.4 Å². The van der Waals surface area contributed by atoms with Crippen molar-refractivity contribution in [2.45, 2.75) is 32.2 Å². The molecule has 1 aromatic rings. The van der Waals surface area contributed by atoms with Crippen molar-refractivity contribution in [2.24, 2.45) is 0 Å². The Bertz CT molecular complexity index is 504. The molecular weight excluding hydrogens is 288 g/mol. The Hall–Kier alpha value is -2.23. The van der Waals surface area contributed by atoms with Crippen LogP contribution in [-0.2, 0) is 9.59 Å². The number of carbonyl (C=O) groups excluding carboxylic acids is 1. The summed E-state index contributed by atoms with van der Waals surface area (Å²) in [6.45, 7) is 1.66. The number of hydrogen-bond acceptors (Lipinski definition) is 6. The fourth-order valence-corrected chi connectivity index (χ4v) is 1.92. The predicted octanol–water partition coefficient (Wildman–Crippen LogP) is 0.676. The van der Waals surface area contributed by atoms with Gasteiger partial charge in [-0.2, -0.15) is 4.37 Å². The fourth-order valence-electron chi connectivity index (χ4n) is 1.35. The summed E-state index contributed by atoms with van der Waals surface area (Å²) in [5.41, 5.74) is 0. The number of nitrogens with one attached hydrogen (secondary N) is 2. The molecule has 10 heteroatoms. The zero-order chi connectivity index (χ0) is 15.1. The minimum atomic E-state index is -1.22. The second-order valence-corrected chi connectivity index (χ2v) is 4.67. The van der Waals surface area contributed by atoms with E-state index in [0.717, 1.165) is 11.5 Å². The maximum atomic E-state index is 11.6. The first-order chi connectivity index (χ1) is 9.38. The number of aliphatic carboxylic acids is 2. The van der Waals surface area contributed by atoms with E-state index in [1.54, 1.807) is 6.92 Å².